The number of hydrogen-bond acceptors (Lipinski definition) is 5. The summed E-state index contributed by atoms with van der Waals surface area (Å²) in [7, 11) is 1.38. The number of imide groups is 1. The van der Waals surface area contributed by atoms with Crippen LogP contribution in [-0.4, -0.2) is 25.0 Å². The van der Waals surface area contributed by atoms with Crippen LogP contribution in [0.4, 0.5) is 4.79 Å². The van der Waals surface area contributed by atoms with Crippen molar-refractivity contribution in [1.29, 1.82) is 0 Å². The number of amides is 3. The van der Waals surface area contributed by atoms with Crippen molar-refractivity contribution < 1.29 is 23.5 Å². The summed E-state index contributed by atoms with van der Waals surface area (Å²) < 4.78 is 10.8. The fourth-order valence-electron chi connectivity index (χ4n) is 2.39. The SMILES string of the molecule is CNC(=O)NC(=O)[C@H](OC(=O)c1cc2ccccc2o1)c1ccccc1. The van der Waals surface area contributed by atoms with E-state index in [0.29, 0.717) is 11.1 Å². The molecule has 132 valence electrons. The number of nitrogens with one attached hydrogen (secondary N) is 2. The molecule has 1 heterocycles. The maximum Gasteiger partial charge on any atom is 0.375 e. The highest BCUT2D eigenvalue weighted by molar-refractivity contribution is 5.99. The molecule has 0 bridgehead atoms. The fourth-order valence-corrected chi connectivity index (χ4v) is 2.39. The van der Waals surface area contributed by atoms with E-state index >= 15 is 0 Å². The first-order valence-electron chi connectivity index (χ1n) is 7.85. The van der Waals surface area contributed by atoms with Crippen LogP contribution in [0.5, 0.6) is 0 Å². The summed E-state index contributed by atoms with van der Waals surface area (Å²) in [6.07, 6.45) is -1.30. The lowest BCUT2D eigenvalue weighted by Gasteiger charge is -2.16. The predicted molar refractivity (Wildman–Crippen MR) is 93.4 cm³/mol. The number of ether oxygens (including phenoxy) is 1. The number of fused-ring (bicyclic) bond motifs is 1. The van der Waals surface area contributed by atoms with Crippen molar-refractivity contribution in [2.24, 2.45) is 0 Å². The third kappa shape index (κ3) is 3.72. The van der Waals surface area contributed by atoms with Crippen molar-refractivity contribution in [2.45, 2.75) is 6.10 Å². The number of para-hydroxylation sites is 1. The average Bonchev–Trinajstić information content (AvgIpc) is 3.10. The lowest BCUT2D eigenvalue weighted by molar-refractivity contribution is -0.129. The van der Waals surface area contributed by atoms with Crippen LogP contribution in [0.25, 0.3) is 11.0 Å². The molecule has 0 radical (unpaired) electrons. The third-order valence-electron chi connectivity index (χ3n) is 3.66. The summed E-state index contributed by atoms with van der Waals surface area (Å²) in [6, 6.07) is 16.4. The Kier molecular flexibility index (Phi) is 4.98. The Labute approximate surface area is 148 Å². The van der Waals surface area contributed by atoms with E-state index < -0.39 is 24.0 Å². The number of esters is 1. The van der Waals surface area contributed by atoms with Crippen LogP contribution in [-0.2, 0) is 9.53 Å². The Morgan fingerprint density at radius 2 is 1.69 bits per heavy atom. The Hall–Kier alpha value is -3.61. The number of urea groups is 1. The van der Waals surface area contributed by atoms with Crippen LogP contribution in [0.3, 0.4) is 0 Å². The minimum atomic E-state index is -1.30. The fraction of sp³-hybridized carbons (Fsp3) is 0.105. The topological polar surface area (TPSA) is 97.6 Å². The normalized spacial score (nSPS) is 11.6. The molecule has 7 heteroatoms. The molecule has 7 nitrogen and oxygen atoms in total. The van der Waals surface area contributed by atoms with Crippen LogP contribution in [0.15, 0.2) is 65.1 Å². The van der Waals surface area contributed by atoms with Crippen LogP contribution < -0.4 is 10.6 Å². The number of benzene rings is 2. The van der Waals surface area contributed by atoms with E-state index in [1.165, 1.54) is 13.1 Å². The van der Waals surface area contributed by atoms with Gasteiger partial charge in [-0.3, -0.25) is 10.1 Å². The number of furan rings is 1. The molecule has 1 aromatic heterocycles. The Balaban J connectivity index is 1.85. The Morgan fingerprint density at radius 3 is 2.38 bits per heavy atom. The smallest absolute Gasteiger partial charge is 0.375 e. The van der Waals surface area contributed by atoms with E-state index in [0.717, 1.165) is 5.39 Å². The quantitative estimate of drug-likeness (QED) is 0.704. The summed E-state index contributed by atoms with van der Waals surface area (Å²) in [5, 5.41) is 5.13. The molecule has 2 N–H and O–H groups in total. The standard InChI is InChI=1S/C19H16N2O5/c1-20-19(24)21-17(22)16(12-7-3-2-4-8-12)26-18(23)15-11-13-9-5-6-10-14(13)25-15/h2-11,16H,1H3,(H2,20,21,22,24)/t16-/m1/s1. The van der Waals surface area contributed by atoms with Crippen molar-refractivity contribution in [3.63, 3.8) is 0 Å². The summed E-state index contributed by atoms with van der Waals surface area (Å²) in [5.74, 6) is -1.60. The lowest BCUT2D eigenvalue weighted by atomic mass is 10.1. The summed E-state index contributed by atoms with van der Waals surface area (Å²) in [6.45, 7) is 0. The first-order valence-corrected chi connectivity index (χ1v) is 7.85. The van der Waals surface area contributed by atoms with Crippen molar-refractivity contribution in [2.75, 3.05) is 7.05 Å². The second-order valence-electron chi connectivity index (χ2n) is 5.41. The molecule has 0 fully saturated rings. The molecule has 3 aromatic rings. The third-order valence-corrected chi connectivity index (χ3v) is 3.66. The predicted octanol–water partition coefficient (Wildman–Crippen LogP) is 2.79. The Morgan fingerprint density at radius 1 is 1.00 bits per heavy atom. The molecule has 1 atom stereocenters. The van der Waals surface area contributed by atoms with E-state index in [1.54, 1.807) is 48.5 Å². The van der Waals surface area contributed by atoms with Gasteiger partial charge in [-0.05, 0) is 12.1 Å². The van der Waals surface area contributed by atoms with Crippen LogP contribution >= 0.6 is 0 Å². The molecule has 0 saturated carbocycles. The van der Waals surface area contributed by atoms with E-state index in [1.807, 2.05) is 6.07 Å². The molecule has 26 heavy (non-hydrogen) atoms. The van der Waals surface area contributed by atoms with Crippen LogP contribution in [0.2, 0.25) is 0 Å². The highest BCUT2D eigenvalue weighted by Crippen LogP contribution is 2.23. The van der Waals surface area contributed by atoms with Gasteiger partial charge in [0.25, 0.3) is 5.91 Å². The molecular weight excluding hydrogens is 336 g/mol. The number of carbonyl (C=O) groups excluding carboxylic acids is 3. The zero-order valence-electron chi connectivity index (χ0n) is 13.9. The largest absolute Gasteiger partial charge is 0.449 e. The summed E-state index contributed by atoms with van der Waals surface area (Å²) in [5.41, 5.74) is 0.962. The van der Waals surface area contributed by atoms with Gasteiger partial charge in [0.05, 0.1) is 0 Å². The number of hydrogen-bond donors (Lipinski definition) is 2. The van der Waals surface area contributed by atoms with E-state index in [2.05, 4.69) is 10.6 Å². The van der Waals surface area contributed by atoms with Crippen LogP contribution in [0.1, 0.15) is 22.2 Å². The van der Waals surface area contributed by atoms with E-state index in [9.17, 15) is 14.4 Å². The molecule has 0 aliphatic heterocycles. The lowest BCUT2D eigenvalue weighted by Crippen LogP contribution is -2.41. The summed E-state index contributed by atoms with van der Waals surface area (Å²) in [4.78, 5) is 36.3. The average molecular weight is 352 g/mol. The van der Waals surface area contributed by atoms with E-state index in [-0.39, 0.29) is 5.76 Å². The zero-order valence-corrected chi connectivity index (χ0v) is 13.9. The van der Waals surface area contributed by atoms with Gasteiger partial charge >= 0.3 is 12.0 Å². The Bertz CT molecular complexity index is 916. The van der Waals surface area contributed by atoms with Gasteiger partial charge in [0.1, 0.15) is 5.58 Å². The maximum absolute atomic E-state index is 12.5. The minimum Gasteiger partial charge on any atom is -0.449 e. The van der Waals surface area contributed by atoms with Crippen molar-refractivity contribution in [3.05, 3.63) is 72.0 Å². The molecule has 0 unspecified atom stereocenters. The van der Waals surface area contributed by atoms with Gasteiger partial charge < -0.3 is 14.5 Å². The molecule has 3 amide bonds. The first kappa shape index (κ1) is 17.2. The summed E-state index contributed by atoms with van der Waals surface area (Å²) >= 11 is 0. The molecular formula is C19H16N2O5. The first-order chi connectivity index (χ1) is 12.6. The monoisotopic (exact) mass is 352 g/mol. The minimum absolute atomic E-state index is 0.0279. The van der Waals surface area contributed by atoms with Gasteiger partial charge in [0.15, 0.2) is 0 Å². The molecule has 2 aromatic carbocycles. The maximum atomic E-state index is 12.5. The van der Waals surface area contributed by atoms with Gasteiger partial charge in [-0.25, -0.2) is 9.59 Å². The van der Waals surface area contributed by atoms with Gasteiger partial charge in [-0.2, -0.15) is 0 Å². The molecule has 0 aliphatic rings. The molecule has 0 aliphatic carbocycles. The van der Waals surface area contributed by atoms with Crippen LogP contribution in [0, 0.1) is 0 Å². The second-order valence-corrected chi connectivity index (χ2v) is 5.41. The van der Waals surface area contributed by atoms with Gasteiger partial charge in [0, 0.05) is 18.0 Å². The molecule has 0 spiro atoms. The second kappa shape index (κ2) is 7.52. The van der Waals surface area contributed by atoms with Crippen molar-refractivity contribution in [1.82, 2.24) is 10.6 Å². The molecule has 3 rings (SSSR count). The van der Waals surface area contributed by atoms with E-state index in [4.69, 9.17) is 9.15 Å². The number of rotatable bonds is 4. The zero-order chi connectivity index (χ0) is 18.5. The molecule has 0 saturated heterocycles. The number of carbonyl (C=O) groups is 3. The van der Waals surface area contributed by atoms with Crippen molar-refractivity contribution in [3.8, 4) is 0 Å². The van der Waals surface area contributed by atoms with Gasteiger partial charge in [0.2, 0.25) is 11.9 Å². The highest BCUT2D eigenvalue weighted by atomic mass is 16.6. The van der Waals surface area contributed by atoms with Gasteiger partial charge in [-0.15, -0.1) is 0 Å². The van der Waals surface area contributed by atoms with Crippen molar-refractivity contribution >= 4 is 28.9 Å². The highest BCUT2D eigenvalue weighted by Gasteiger charge is 2.28. The van der Waals surface area contributed by atoms with Gasteiger partial charge in [-0.1, -0.05) is 48.5 Å².